The number of nitriles is 1. The Balaban J connectivity index is 1.17. The van der Waals surface area contributed by atoms with Crippen LogP contribution in [0.3, 0.4) is 0 Å². The maximum atomic E-state index is 13.1. The van der Waals surface area contributed by atoms with Crippen LogP contribution >= 0.6 is 11.3 Å². The van der Waals surface area contributed by atoms with E-state index in [1.807, 2.05) is 18.5 Å². The summed E-state index contributed by atoms with van der Waals surface area (Å²) in [5.41, 5.74) is 3.08. The molecule has 2 bridgehead atoms. The molecule has 6 heterocycles. The summed E-state index contributed by atoms with van der Waals surface area (Å²) in [6.07, 6.45) is 3.68. The molecule has 0 saturated carbocycles. The number of amidine groups is 1. The van der Waals surface area contributed by atoms with Crippen molar-refractivity contribution in [1.29, 1.82) is 5.26 Å². The molecule has 2 unspecified atom stereocenters. The number of sulfonamides is 1. The third-order valence-corrected chi connectivity index (χ3v) is 10.9. The fourth-order valence-corrected chi connectivity index (χ4v) is 8.73. The maximum absolute atomic E-state index is 13.1. The van der Waals surface area contributed by atoms with Crippen LogP contribution < -0.4 is 21.0 Å². The minimum atomic E-state index is -3.36. The summed E-state index contributed by atoms with van der Waals surface area (Å²) >= 11 is 1.59. The van der Waals surface area contributed by atoms with Gasteiger partial charge in [0.25, 0.3) is 0 Å². The Hall–Kier alpha value is -2.53. The molecule has 0 spiro atoms. The summed E-state index contributed by atoms with van der Waals surface area (Å²) in [5.74, 6) is 2.14. The molecule has 0 aromatic carbocycles. The fraction of sp³-hybridized carbons (Fsp3) is 0.652. The molecule has 3 N–H and O–H groups in total. The van der Waals surface area contributed by atoms with E-state index in [0.717, 1.165) is 41.1 Å². The molecule has 11 nitrogen and oxygen atoms in total. The van der Waals surface area contributed by atoms with E-state index in [-0.39, 0.29) is 29.3 Å². The minimum absolute atomic E-state index is 0.126. The third kappa shape index (κ3) is 4.30. The number of fused-ring (bicyclic) bond motifs is 3. The molecular formula is C23H31N9O2S2. The van der Waals surface area contributed by atoms with Gasteiger partial charge in [-0.3, -0.25) is 0 Å². The van der Waals surface area contributed by atoms with Crippen molar-refractivity contribution in [2.75, 3.05) is 30.4 Å². The van der Waals surface area contributed by atoms with Crippen molar-refractivity contribution in [3.05, 3.63) is 11.4 Å². The van der Waals surface area contributed by atoms with Crippen molar-refractivity contribution in [3.63, 3.8) is 0 Å². The van der Waals surface area contributed by atoms with Gasteiger partial charge in [-0.15, -0.1) is 11.3 Å². The van der Waals surface area contributed by atoms with Crippen LogP contribution in [0.15, 0.2) is 16.5 Å². The van der Waals surface area contributed by atoms with Gasteiger partial charge >= 0.3 is 0 Å². The molecule has 2 aromatic rings. The van der Waals surface area contributed by atoms with Gasteiger partial charge in [-0.2, -0.15) is 19.7 Å². The Kier molecular flexibility index (Phi) is 6.02. The van der Waals surface area contributed by atoms with Gasteiger partial charge in [-0.1, -0.05) is 0 Å². The van der Waals surface area contributed by atoms with E-state index in [1.54, 1.807) is 11.3 Å². The highest BCUT2D eigenvalue weighted by atomic mass is 32.2. The Morgan fingerprint density at radius 2 is 1.97 bits per heavy atom. The first-order chi connectivity index (χ1) is 17.3. The second kappa shape index (κ2) is 9.09. The lowest BCUT2D eigenvalue weighted by Gasteiger charge is -2.47. The Labute approximate surface area is 215 Å². The normalized spacial score (nSPS) is 30.8. The number of rotatable bonds is 5. The Morgan fingerprint density at radius 3 is 2.64 bits per heavy atom. The van der Waals surface area contributed by atoms with Crippen molar-refractivity contribution < 1.29 is 8.42 Å². The molecule has 5 atom stereocenters. The highest BCUT2D eigenvalue weighted by molar-refractivity contribution is 7.89. The molecule has 2 aromatic heterocycles. The van der Waals surface area contributed by atoms with E-state index in [9.17, 15) is 8.42 Å². The minimum Gasteiger partial charge on any atom is -0.341 e. The largest absolute Gasteiger partial charge is 0.341 e. The summed E-state index contributed by atoms with van der Waals surface area (Å²) in [5, 5.41) is 23.1. The van der Waals surface area contributed by atoms with Crippen molar-refractivity contribution in [3.8, 4) is 6.07 Å². The van der Waals surface area contributed by atoms with E-state index in [4.69, 9.17) is 15.2 Å². The van der Waals surface area contributed by atoms with Gasteiger partial charge in [0, 0.05) is 50.7 Å². The maximum Gasteiger partial charge on any atom is 0.228 e. The number of thiophene rings is 1. The summed E-state index contributed by atoms with van der Waals surface area (Å²) in [6, 6.07) is 4.96. The second-order valence-corrected chi connectivity index (χ2v) is 13.6. The van der Waals surface area contributed by atoms with Gasteiger partial charge in [-0.25, -0.2) is 13.4 Å². The lowest BCUT2D eigenvalue weighted by atomic mass is 9.83. The monoisotopic (exact) mass is 529 g/mol. The zero-order chi connectivity index (χ0) is 25.0. The summed E-state index contributed by atoms with van der Waals surface area (Å²) in [7, 11) is -1.32. The average Bonchev–Trinajstić information content (AvgIpc) is 3.45. The van der Waals surface area contributed by atoms with Crippen molar-refractivity contribution >= 4 is 49.2 Å². The number of anilines is 2. The van der Waals surface area contributed by atoms with Crippen LogP contribution in [-0.4, -0.2) is 78.1 Å². The van der Waals surface area contributed by atoms with Gasteiger partial charge < -0.3 is 21.0 Å². The first-order valence-corrected chi connectivity index (χ1v) is 14.9. The van der Waals surface area contributed by atoms with Crippen LogP contribution in [0.1, 0.15) is 39.0 Å². The number of nitrogens with zero attached hydrogens (tertiary/aromatic N) is 6. The highest BCUT2D eigenvalue weighted by Crippen LogP contribution is 2.36. The first kappa shape index (κ1) is 23.8. The van der Waals surface area contributed by atoms with Crippen molar-refractivity contribution in [2.45, 2.75) is 68.4 Å². The van der Waals surface area contributed by atoms with E-state index in [2.05, 4.69) is 39.1 Å². The molecule has 0 aliphatic carbocycles. The number of piperidine rings is 2. The molecule has 6 rings (SSSR count). The van der Waals surface area contributed by atoms with Crippen LogP contribution in [0.4, 0.5) is 11.8 Å². The van der Waals surface area contributed by atoms with Crippen LogP contribution in [0, 0.1) is 17.2 Å². The van der Waals surface area contributed by atoms with E-state index in [0.29, 0.717) is 37.9 Å². The molecule has 192 valence electrons. The van der Waals surface area contributed by atoms with Crippen molar-refractivity contribution in [2.24, 2.45) is 11.0 Å². The van der Waals surface area contributed by atoms with Crippen LogP contribution in [0.25, 0.3) is 10.2 Å². The van der Waals surface area contributed by atoms with Gasteiger partial charge in [-0.05, 0) is 44.1 Å². The molecule has 3 saturated heterocycles. The number of hydrogen-bond acceptors (Lipinski definition) is 11. The lowest BCUT2D eigenvalue weighted by Crippen LogP contribution is -2.61. The molecule has 36 heavy (non-hydrogen) atoms. The number of hydrogen-bond donors (Lipinski definition) is 3. The van der Waals surface area contributed by atoms with E-state index >= 15 is 0 Å². The zero-order valence-electron chi connectivity index (χ0n) is 20.4. The van der Waals surface area contributed by atoms with Crippen LogP contribution in [-0.2, 0) is 10.0 Å². The Morgan fingerprint density at radius 1 is 1.22 bits per heavy atom. The summed E-state index contributed by atoms with van der Waals surface area (Å²) in [6.45, 7) is 2.77. The Bertz CT molecular complexity index is 1320. The third-order valence-electron chi connectivity index (χ3n) is 7.85. The molecule has 4 aliphatic heterocycles. The number of hydrazone groups is 1. The molecule has 3 fully saturated rings. The summed E-state index contributed by atoms with van der Waals surface area (Å²) < 4.78 is 27.8. The zero-order valence-corrected chi connectivity index (χ0v) is 22.0. The van der Waals surface area contributed by atoms with Gasteiger partial charge in [0.2, 0.25) is 16.0 Å². The molecule has 4 aliphatic rings. The average molecular weight is 530 g/mol. The fourth-order valence-electron chi connectivity index (χ4n) is 5.83. The SMILES string of the molecule is CC1CC(Nc2nc(N(C)[C@@H]3C[C@H]4CC(S(=O)(=O)N5CC(C#N)C5)C[C@@H](C3)N4)nc3sccc23)=NN1. The van der Waals surface area contributed by atoms with Crippen LogP contribution in [0.2, 0.25) is 0 Å². The van der Waals surface area contributed by atoms with Gasteiger partial charge in [0.15, 0.2) is 0 Å². The number of nitrogens with one attached hydrogen (secondary N) is 3. The smallest absolute Gasteiger partial charge is 0.228 e. The summed E-state index contributed by atoms with van der Waals surface area (Å²) in [4.78, 5) is 12.8. The molecule has 13 heteroatoms. The first-order valence-electron chi connectivity index (χ1n) is 12.5. The highest BCUT2D eigenvalue weighted by Gasteiger charge is 2.46. The predicted molar refractivity (Wildman–Crippen MR) is 140 cm³/mol. The standard InChI is InChI=1S/C23H31N9O2S2/c1-13-5-20(30-29-13)26-21-19-3-4-35-22(19)28-23(27-21)31(2)17-6-15-8-18(9-16(7-17)25-15)36(33,34)32-11-14(10-24)12-32/h3-4,13-18,25,29H,5-9,11-12H2,1-2H3,(H,26,27,28,30)/t13?,15-,16+,17+,18?. The topological polar surface area (TPSA) is 139 Å². The van der Waals surface area contributed by atoms with Crippen LogP contribution in [0.5, 0.6) is 0 Å². The lowest BCUT2D eigenvalue weighted by molar-refractivity contribution is 0.204. The molecular weight excluding hydrogens is 498 g/mol. The molecule has 0 radical (unpaired) electrons. The van der Waals surface area contributed by atoms with E-state index in [1.165, 1.54) is 4.31 Å². The quantitative estimate of drug-likeness (QED) is 0.528. The molecule has 0 amide bonds. The van der Waals surface area contributed by atoms with Gasteiger partial charge in [0.1, 0.15) is 16.5 Å². The van der Waals surface area contributed by atoms with E-state index < -0.39 is 10.0 Å². The van der Waals surface area contributed by atoms with Crippen molar-refractivity contribution in [1.82, 2.24) is 25.0 Å². The second-order valence-electron chi connectivity index (χ2n) is 10.5. The van der Waals surface area contributed by atoms with Gasteiger partial charge in [0.05, 0.1) is 22.6 Å². The number of aromatic nitrogens is 2. The predicted octanol–water partition coefficient (Wildman–Crippen LogP) is 1.67.